The van der Waals surface area contributed by atoms with Crippen LogP contribution >= 0.6 is 35.3 Å². The van der Waals surface area contributed by atoms with Crippen molar-refractivity contribution in [3.63, 3.8) is 0 Å². The number of hydrogen-bond acceptors (Lipinski definition) is 5. The fourth-order valence-corrected chi connectivity index (χ4v) is 4.44. The molecule has 1 unspecified atom stereocenters. The Labute approximate surface area is 169 Å². The van der Waals surface area contributed by atoms with Crippen LogP contribution in [0.4, 0.5) is 0 Å². The third kappa shape index (κ3) is 6.72. The van der Waals surface area contributed by atoms with Crippen LogP contribution in [0.25, 0.3) is 0 Å². The van der Waals surface area contributed by atoms with Gasteiger partial charge in [0.05, 0.1) is 0 Å². The molecule has 2 heterocycles. The number of amides is 1. The quantitative estimate of drug-likeness (QED) is 0.227. The number of thiophene rings is 1. The molecule has 0 saturated carbocycles. The molecule has 1 fully saturated rings. The van der Waals surface area contributed by atoms with Crippen LogP contribution in [-0.2, 0) is 14.8 Å². The van der Waals surface area contributed by atoms with Crippen LogP contribution in [0.15, 0.2) is 26.7 Å². The third-order valence-electron chi connectivity index (χ3n) is 3.66. The summed E-state index contributed by atoms with van der Waals surface area (Å²) < 4.78 is 26.8. The summed E-state index contributed by atoms with van der Waals surface area (Å²) in [5.41, 5.74) is 0. The van der Waals surface area contributed by atoms with Gasteiger partial charge in [-0.25, -0.2) is 13.1 Å². The Morgan fingerprint density at radius 3 is 2.80 bits per heavy atom. The fraction of sp³-hybridized carbons (Fsp3) is 0.571. The molecule has 1 aliphatic rings. The number of carbonyl (C=O) groups excluding carboxylic acids is 1. The summed E-state index contributed by atoms with van der Waals surface area (Å²) in [6, 6.07) is 3.42. The molecule has 1 aromatic rings. The average Bonchev–Trinajstić information content (AvgIpc) is 3.09. The first-order valence-electron chi connectivity index (χ1n) is 7.66. The van der Waals surface area contributed by atoms with E-state index in [1.54, 1.807) is 36.5 Å². The van der Waals surface area contributed by atoms with Crippen LogP contribution in [-0.4, -0.2) is 65.0 Å². The number of piperidine rings is 1. The van der Waals surface area contributed by atoms with Gasteiger partial charge in [0.2, 0.25) is 15.9 Å². The van der Waals surface area contributed by atoms with Crippen molar-refractivity contribution in [1.29, 1.82) is 0 Å². The van der Waals surface area contributed by atoms with Crippen LogP contribution < -0.4 is 15.4 Å². The maximum Gasteiger partial charge on any atom is 0.250 e. The summed E-state index contributed by atoms with van der Waals surface area (Å²) in [6.07, 6.45) is 1.28. The Bertz CT molecular complexity index is 679. The lowest BCUT2D eigenvalue weighted by atomic mass is 10.1. The zero-order valence-corrected chi connectivity index (χ0v) is 18.2. The zero-order valence-electron chi connectivity index (χ0n) is 14.2. The summed E-state index contributed by atoms with van der Waals surface area (Å²) in [4.78, 5) is 17.3. The summed E-state index contributed by atoms with van der Waals surface area (Å²) in [6.45, 7) is 1.29. The number of guanidine groups is 1. The number of sulfonamides is 1. The van der Waals surface area contributed by atoms with Crippen molar-refractivity contribution >= 4 is 57.2 Å². The lowest BCUT2D eigenvalue weighted by molar-refractivity contribution is -0.132. The van der Waals surface area contributed by atoms with Crippen molar-refractivity contribution in [3.8, 4) is 0 Å². The Kier molecular flexibility index (Phi) is 9.10. The number of nitrogens with one attached hydrogen (secondary N) is 3. The lowest BCUT2D eigenvalue weighted by Crippen LogP contribution is -2.52. The van der Waals surface area contributed by atoms with Crippen molar-refractivity contribution in [2.45, 2.75) is 23.1 Å². The first kappa shape index (κ1) is 22.1. The second-order valence-corrected chi connectivity index (χ2v) is 8.42. The lowest BCUT2D eigenvalue weighted by Gasteiger charge is -2.31. The topological polar surface area (TPSA) is 103 Å². The minimum atomic E-state index is -3.44. The van der Waals surface area contributed by atoms with Crippen molar-refractivity contribution < 1.29 is 13.2 Å². The van der Waals surface area contributed by atoms with E-state index in [4.69, 9.17) is 0 Å². The number of carbonyl (C=O) groups is 1. The van der Waals surface area contributed by atoms with E-state index in [1.807, 2.05) is 0 Å². The van der Waals surface area contributed by atoms with Gasteiger partial charge in [-0.15, -0.1) is 35.3 Å². The van der Waals surface area contributed by atoms with Crippen LogP contribution in [0.2, 0.25) is 0 Å². The summed E-state index contributed by atoms with van der Waals surface area (Å²) in [7, 11) is 0.000908. The van der Waals surface area contributed by atoms with Crippen molar-refractivity contribution in [2.75, 3.05) is 33.7 Å². The molecule has 0 bridgehead atoms. The van der Waals surface area contributed by atoms with Crippen LogP contribution in [0.5, 0.6) is 0 Å². The second-order valence-electron chi connectivity index (χ2n) is 5.48. The molecule has 0 aliphatic carbocycles. The SMILES string of the molecule is CN=C(NCCNS(=O)(=O)c1cccs1)NC1CCC(=O)N(C)C1.I. The van der Waals surface area contributed by atoms with E-state index >= 15 is 0 Å². The molecule has 0 spiro atoms. The molecule has 142 valence electrons. The van der Waals surface area contributed by atoms with Gasteiger partial charge >= 0.3 is 0 Å². The number of halogens is 1. The highest BCUT2D eigenvalue weighted by molar-refractivity contribution is 14.0. The Hall–Kier alpha value is -0.920. The Balaban J connectivity index is 0.00000312. The van der Waals surface area contributed by atoms with Gasteiger partial charge in [-0.1, -0.05) is 6.07 Å². The Morgan fingerprint density at radius 1 is 1.44 bits per heavy atom. The van der Waals surface area contributed by atoms with E-state index in [0.29, 0.717) is 29.7 Å². The van der Waals surface area contributed by atoms with Gasteiger partial charge in [0, 0.05) is 46.2 Å². The van der Waals surface area contributed by atoms with Gasteiger partial charge in [-0.05, 0) is 17.9 Å². The van der Waals surface area contributed by atoms with E-state index in [1.165, 1.54) is 11.3 Å². The first-order valence-corrected chi connectivity index (χ1v) is 10.0. The number of nitrogens with zero attached hydrogens (tertiary/aromatic N) is 2. The van der Waals surface area contributed by atoms with E-state index in [2.05, 4.69) is 20.3 Å². The van der Waals surface area contributed by atoms with E-state index in [9.17, 15) is 13.2 Å². The number of likely N-dealkylation sites (tertiary alicyclic amines) is 1. The maximum atomic E-state index is 12.0. The highest BCUT2D eigenvalue weighted by atomic mass is 127. The van der Waals surface area contributed by atoms with Gasteiger partial charge in [0.25, 0.3) is 0 Å². The number of hydrogen-bond donors (Lipinski definition) is 3. The average molecular weight is 501 g/mol. The van der Waals surface area contributed by atoms with E-state index in [-0.39, 0.29) is 42.5 Å². The largest absolute Gasteiger partial charge is 0.355 e. The molecular formula is C14H24IN5O3S2. The van der Waals surface area contributed by atoms with Crippen LogP contribution in [0.3, 0.4) is 0 Å². The zero-order chi connectivity index (χ0) is 17.6. The van der Waals surface area contributed by atoms with Crippen molar-refractivity contribution in [3.05, 3.63) is 17.5 Å². The highest BCUT2D eigenvalue weighted by Crippen LogP contribution is 2.14. The molecule has 1 saturated heterocycles. The second kappa shape index (κ2) is 10.3. The fourth-order valence-electron chi connectivity index (χ4n) is 2.37. The predicted octanol–water partition coefficient (Wildman–Crippen LogP) is 0.430. The predicted molar refractivity (Wildman–Crippen MR) is 110 cm³/mol. The Morgan fingerprint density at radius 2 is 2.20 bits per heavy atom. The number of rotatable bonds is 6. The maximum absolute atomic E-state index is 12.0. The van der Waals surface area contributed by atoms with Gasteiger partial charge < -0.3 is 15.5 Å². The van der Waals surface area contributed by atoms with Gasteiger partial charge in [0.15, 0.2) is 5.96 Å². The molecule has 0 aromatic carbocycles. The van der Waals surface area contributed by atoms with Crippen molar-refractivity contribution in [1.82, 2.24) is 20.3 Å². The normalized spacial score (nSPS) is 18.6. The van der Waals surface area contributed by atoms with E-state index < -0.39 is 10.0 Å². The smallest absolute Gasteiger partial charge is 0.250 e. The third-order valence-corrected chi connectivity index (χ3v) is 6.52. The minimum Gasteiger partial charge on any atom is -0.355 e. The van der Waals surface area contributed by atoms with Crippen LogP contribution in [0, 0.1) is 0 Å². The molecule has 25 heavy (non-hydrogen) atoms. The molecule has 11 heteroatoms. The molecule has 3 N–H and O–H groups in total. The number of likely N-dealkylation sites (N-methyl/N-ethyl adjacent to an activating group) is 1. The summed E-state index contributed by atoms with van der Waals surface area (Å²) in [5.74, 6) is 0.747. The molecule has 1 aromatic heterocycles. The molecule has 8 nitrogen and oxygen atoms in total. The van der Waals surface area contributed by atoms with Crippen molar-refractivity contribution in [2.24, 2.45) is 4.99 Å². The molecule has 1 atom stereocenters. The summed E-state index contributed by atoms with van der Waals surface area (Å²) >= 11 is 1.18. The number of aliphatic imine (C=N–C) groups is 1. The summed E-state index contributed by atoms with van der Waals surface area (Å²) in [5, 5.41) is 8.05. The molecule has 2 rings (SSSR count). The van der Waals surface area contributed by atoms with Gasteiger partial charge in [-0.2, -0.15) is 0 Å². The molecule has 1 amide bonds. The molecule has 0 radical (unpaired) electrons. The monoisotopic (exact) mass is 501 g/mol. The van der Waals surface area contributed by atoms with Gasteiger partial charge in [0.1, 0.15) is 4.21 Å². The van der Waals surface area contributed by atoms with E-state index in [0.717, 1.165) is 6.42 Å². The standard InChI is InChI=1S/C14H23N5O3S2.HI/c1-15-14(18-11-5-6-12(20)19(2)10-11)16-7-8-17-24(21,22)13-4-3-9-23-13;/h3-4,9,11,17H,5-8,10H2,1-2H3,(H2,15,16,18);1H. The minimum absolute atomic E-state index is 0. The first-order chi connectivity index (χ1) is 11.4. The van der Waals surface area contributed by atoms with Crippen LogP contribution in [0.1, 0.15) is 12.8 Å². The molecule has 1 aliphatic heterocycles. The van der Waals surface area contributed by atoms with Gasteiger partial charge in [-0.3, -0.25) is 9.79 Å². The molecular weight excluding hydrogens is 477 g/mol. The highest BCUT2D eigenvalue weighted by Gasteiger charge is 2.23.